The van der Waals surface area contributed by atoms with E-state index in [4.69, 9.17) is 0 Å². The first-order chi connectivity index (χ1) is 16.4. The van der Waals surface area contributed by atoms with Crippen molar-refractivity contribution in [1.29, 1.82) is 0 Å². The van der Waals surface area contributed by atoms with Crippen LogP contribution in [-0.4, -0.2) is 27.6 Å². The number of para-hydroxylation sites is 1. The first-order valence-electron chi connectivity index (χ1n) is 11.0. The van der Waals surface area contributed by atoms with E-state index in [1.165, 1.54) is 12.1 Å². The Morgan fingerprint density at radius 2 is 1.65 bits per heavy atom. The SMILES string of the molecule is Cc1ccc(C(=O)N[C@H]2C(=O)Nc3c(c(C)nn3-c3ccccc3)[C@@H]2c2ccc(F)cc2)cc1. The first-order valence-corrected chi connectivity index (χ1v) is 11.0. The minimum absolute atomic E-state index is 0.358. The lowest BCUT2D eigenvalue weighted by molar-refractivity contribution is -0.118. The number of aromatic nitrogens is 2. The van der Waals surface area contributed by atoms with Crippen LogP contribution in [0.4, 0.5) is 10.2 Å². The number of amides is 2. The maximum absolute atomic E-state index is 13.7. The minimum Gasteiger partial charge on any atom is -0.339 e. The maximum atomic E-state index is 13.7. The summed E-state index contributed by atoms with van der Waals surface area (Å²) in [7, 11) is 0. The largest absolute Gasteiger partial charge is 0.339 e. The van der Waals surface area contributed by atoms with Crippen LogP contribution in [0.1, 0.15) is 38.7 Å². The van der Waals surface area contributed by atoms with Crippen LogP contribution in [0.2, 0.25) is 0 Å². The molecule has 1 aromatic heterocycles. The Labute approximate surface area is 196 Å². The number of benzene rings is 3. The summed E-state index contributed by atoms with van der Waals surface area (Å²) in [4.78, 5) is 26.4. The highest BCUT2D eigenvalue weighted by molar-refractivity contribution is 6.04. The number of halogens is 1. The smallest absolute Gasteiger partial charge is 0.251 e. The number of nitrogens with one attached hydrogen (secondary N) is 2. The van der Waals surface area contributed by atoms with Crippen molar-refractivity contribution in [2.24, 2.45) is 0 Å². The van der Waals surface area contributed by atoms with Crippen molar-refractivity contribution < 1.29 is 14.0 Å². The summed E-state index contributed by atoms with van der Waals surface area (Å²) in [5.74, 6) is -1.09. The molecule has 2 atom stereocenters. The summed E-state index contributed by atoms with van der Waals surface area (Å²) >= 11 is 0. The van der Waals surface area contributed by atoms with E-state index in [2.05, 4.69) is 15.7 Å². The van der Waals surface area contributed by atoms with E-state index in [-0.39, 0.29) is 17.6 Å². The average Bonchev–Trinajstić information content (AvgIpc) is 3.17. The Balaban J connectivity index is 1.61. The summed E-state index contributed by atoms with van der Waals surface area (Å²) in [6.45, 7) is 3.81. The zero-order valence-electron chi connectivity index (χ0n) is 18.7. The van der Waals surface area contributed by atoms with E-state index in [0.29, 0.717) is 22.6 Å². The molecule has 3 aromatic carbocycles. The van der Waals surface area contributed by atoms with Crippen LogP contribution in [0.5, 0.6) is 0 Å². The summed E-state index contributed by atoms with van der Waals surface area (Å²) in [6.07, 6.45) is 0. The molecule has 0 saturated heterocycles. The van der Waals surface area contributed by atoms with Gasteiger partial charge < -0.3 is 10.6 Å². The predicted molar refractivity (Wildman–Crippen MR) is 128 cm³/mol. The molecule has 4 aromatic rings. The number of carbonyl (C=O) groups is 2. The fourth-order valence-electron chi connectivity index (χ4n) is 4.41. The van der Waals surface area contributed by atoms with Gasteiger partial charge in [-0.25, -0.2) is 9.07 Å². The van der Waals surface area contributed by atoms with Crippen molar-refractivity contribution in [3.05, 3.63) is 113 Å². The molecule has 0 radical (unpaired) electrons. The van der Waals surface area contributed by atoms with Crippen molar-refractivity contribution in [1.82, 2.24) is 15.1 Å². The monoisotopic (exact) mass is 454 g/mol. The second kappa shape index (κ2) is 8.59. The summed E-state index contributed by atoms with van der Waals surface area (Å²) in [5, 5.41) is 10.5. The van der Waals surface area contributed by atoms with Crippen molar-refractivity contribution in [2.45, 2.75) is 25.8 Å². The second-order valence-electron chi connectivity index (χ2n) is 8.43. The van der Waals surface area contributed by atoms with E-state index >= 15 is 0 Å². The molecule has 0 aliphatic carbocycles. The van der Waals surface area contributed by atoms with E-state index in [1.807, 2.05) is 56.3 Å². The number of aryl methyl sites for hydroxylation is 2. The third-order valence-corrected chi connectivity index (χ3v) is 6.11. The van der Waals surface area contributed by atoms with Crippen LogP contribution in [0.25, 0.3) is 5.69 Å². The molecule has 7 heteroatoms. The van der Waals surface area contributed by atoms with Gasteiger partial charge in [0.2, 0.25) is 5.91 Å². The molecule has 1 aliphatic rings. The number of fused-ring (bicyclic) bond motifs is 1. The molecule has 2 heterocycles. The predicted octanol–water partition coefficient (Wildman–Crippen LogP) is 4.51. The molecule has 0 spiro atoms. The topological polar surface area (TPSA) is 76.0 Å². The standard InChI is InChI=1S/C27H23FN4O2/c1-16-8-10-19(11-9-16)26(33)29-24-23(18-12-14-20(28)15-13-18)22-17(2)31-32(25(22)30-27(24)34)21-6-4-3-5-7-21/h3-15,23-24H,1-2H3,(H,29,33)(H,30,34)/t23-,24+/m0/s1. The van der Waals surface area contributed by atoms with Crippen LogP contribution in [0.3, 0.4) is 0 Å². The molecule has 2 amide bonds. The van der Waals surface area contributed by atoms with Crippen molar-refractivity contribution in [3.8, 4) is 5.69 Å². The van der Waals surface area contributed by atoms with Gasteiger partial charge in [-0.05, 0) is 55.8 Å². The number of nitrogens with zero attached hydrogens (tertiary/aromatic N) is 2. The van der Waals surface area contributed by atoms with Gasteiger partial charge >= 0.3 is 0 Å². The zero-order chi connectivity index (χ0) is 23.8. The van der Waals surface area contributed by atoms with Gasteiger partial charge in [0.25, 0.3) is 5.91 Å². The number of anilines is 1. The second-order valence-corrected chi connectivity index (χ2v) is 8.43. The Hall–Kier alpha value is -4.26. The Bertz CT molecular complexity index is 1360. The fraction of sp³-hybridized carbons (Fsp3) is 0.148. The van der Waals surface area contributed by atoms with Crippen LogP contribution in [0, 0.1) is 19.7 Å². The number of hydrogen-bond acceptors (Lipinski definition) is 3. The molecule has 0 fully saturated rings. The summed E-state index contributed by atoms with van der Waals surface area (Å²) in [6, 6.07) is 21.7. The van der Waals surface area contributed by atoms with Gasteiger partial charge in [-0.1, -0.05) is 48.0 Å². The van der Waals surface area contributed by atoms with Crippen LogP contribution in [0.15, 0.2) is 78.9 Å². The molecule has 5 rings (SSSR count). The van der Waals surface area contributed by atoms with Crippen LogP contribution >= 0.6 is 0 Å². The molecule has 34 heavy (non-hydrogen) atoms. The Kier molecular flexibility index (Phi) is 5.45. The quantitative estimate of drug-likeness (QED) is 0.476. The van der Waals surface area contributed by atoms with E-state index in [0.717, 1.165) is 16.8 Å². The fourth-order valence-corrected chi connectivity index (χ4v) is 4.41. The minimum atomic E-state index is -0.904. The van der Waals surface area contributed by atoms with Crippen molar-refractivity contribution >= 4 is 17.6 Å². The van der Waals surface area contributed by atoms with Gasteiger partial charge in [0.1, 0.15) is 17.7 Å². The van der Waals surface area contributed by atoms with Gasteiger partial charge in [0.05, 0.1) is 11.4 Å². The molecule has 0 unspecified atom stereocenters. The lowest BCUT2D eigenvalue weighted by atomic mass is 9.82. The molecular weight excluding hydrogens is 431 g/mol. The lowest BCUT2D eigenvalue weighted by Crippen LogP contribution is -2.50. The third-order valence-electron chi connectivity index (χ3n) is 6.11. The molecule has 6 nitrogen and oxygen atoms in total. The molecule has 170 valence electrons. The Morgan fingerprint density at radius 3 is 2.32 bits per heavy atom. The summed E-state index contributed by atoms with van der Waals surface area (Å²) < 4.78 is 15.4. The van der Waals surface area contributed by atoms with Gasteiger partial charge in [0.15, 0.2) is 0 Å². The molecular formula is C27H23FN4O2. The highest BCUT2D eigenvalue weighted by atomic mass is 19.1. The van der Waals surface area contributed by atoms with Gasteiger partial charge in [0, 0.05) is 17.0 Å². The van der Waals surface area contributed by atoms with E-state index < -0.39 is 12.0 Å². The van der Waals surface area contributed by atoms with Gasteiger partial charge in [-0.3, -0.25) is 9.59 Å². The molecule has 0 saturated carbocycles. The van der Waals surface area contributed by atoms with Crippen LogP contribution in [-0.2, 0) is 4.79 Å². The van der Waals surface area contributed by atoms with Crippen molar-refractivity contribution in [3.63, 3.8) is 0 Å². The number of carbonyl (C=O) groups excluding carboxylic acids is 2. The van der Waals surface area contributed by atoms with E-state index in [1.54, 1.807) is 28.9 Å². The van der Waals surface area contributed by atoms with Gasteiger partial charge in [-0.15, -0.1) is 0 Å². The normalized spacial score (nSPS) is 17.1. The molecule has 0 bridgehead atoms. The Morgan fingerprint density at radius 1 is 0.971 bits per heavy atom. The summed E-state index contributed by atoms with van der Waals surface area (Å²) in [5.41, 5.74) is 4.49. The highest BCUT2D eigenvalue weighted by Crippen LogP contribution is 2.40. The third kappa shape index (κ3) is 3.85. The van der Waals surface area contributed by atoms with E-state index in [9.17, 15) is 14.0 Å². The maximum Gasteiger partial charge on any atom is 0.251 e. The average molecular weight is 455 g/mol. The first kappa shape index (κ1) is 21.6. The van der Waals surface area contributed by atoms with Crippen LogP contribution < -0.4 is 10.6 Å². The number of rotatable bonds is 4. The molecule has 2 N–H and O–H groups in total. The zero-order valence-corrected chi connectivity index (χ0v) is 18.7. The lowest BCUT2D eigenvalue weighted by Gasteiger charge is -2.32. The van der Waals surface area contributed by atoms with Gasteiger partial charge in [-0.2, -0.15) is 5.10 Å². The highest BCUT2D eigenvalue weighted by Gasteiger charge is 2.41. The molecule has 1 aliphatic heterocycles. The van der Waals surface area contributed by atoms with Crippen molar-refractivity contribution in [2.75, 3.05) is 5.32 Å². The number of hydrogen-bond donors (Lipinski definition) is 2.